The van der Waals surface area contributed by atoms with Crippen molar-refractivity contribution in [2.24, 2.45) is 5.92 Å². The highest BCUT2D eigenvalue weighted by molar-refractivity contribution is 5.96. The van der Waals surface area contributed by atoms with Crippen LogP contribution in [-0.2, 0) is 4.79 Å². The molecule has 0 spiro atoms. The zero-order valence-electron chi connectivity index (χ0n) is 16.8. The molecule has 0 amide bonds. The number of unbranched alkanes of at least 4 members (excludes halogenated alkanes) is 4. The largest absolute Gasteiger partial charge is 0.299 e. The third-order valence-corrected chi connectivity index (χ3v) is 5.92. The predicted molar refractivity (Wildman–Crippen MR) is 109 cm³/mol. The van der Waals surface area contributed by atoms with Gasteiger partial charge in [0.1, 0.15) is 5.78 Å². The van der Waals surface area contributed by atoms with Crippen molar-refractivity contribution in [3.8, 4) is 0 Å². The van der Waals surface area contributed by atoms with Gasteiger partial charge in [-0.05, 0) is 50.0 Å². The van der Waals surface area contributed by atoms with Crippen LogP contribution in [-0.4, -0.2) is 11.6 Å². The van der Waals surface area contributed by atoms with Gasteiger partial charge >= 0.3 is 0 Å². The highest BCUT2D eigenvalue weighted by Crippen LogP contribution is 2.36. The average Bonchev–Trinajstić information content (AvgIpc) is 2.69. The molecular formula is C24H36O2. The third kappa shape index (κ3) is 6.37. The summed E-state index contributed by atoms with van der Waals surface area (Å²) in [5, 5.41) is 0. The fraction of sp³-hybridized carbons (Fsp3) is 0.667. The van der Waals surface area contributed by atoms with E-state index >= 15 is 0 Å². The first-order valence-corrected chi connectivity index (χ1v) is 10.8. The highest BCUT2D eigenvalue weighted by Gasteiger charge is 2.26. The van der Waals surface area contributed by atoms with Gasteiger partial charge in [-0.25, -0.2) is 0 Å². The van der Waals surface area contributed by atoms with Crippen molar-refractivity contribution in [1.82, 2.24) is 0 Å². The Labute approximate surface area is 159 Å². The molecule has 0 radical (unpaired) electrons. The Morgan fingerprint density at radius 1 is 0.808 bits per heavy atom. The van der Waals surface area contributed by atoms with Gasteiger partial charge in [0.2, 0.25) is 0 Å². The Hall–Kier alpha value is -1.44. The van der Waals surface area contributed by atoms with Crippen molar-refractivity contribution in [2.75, 3.05) is 0 Å². The lowest BCUT2D eigenvalue weighted by Crippen LogP contribution is -2.21. The molecule has 144 valence electrons. The SMILES string of the molecule is CCCCCCC(=O)c1ccc(C2CCC(C(=O)CCCC)CC2)cc1. The monoisotopic (exact) mass is 356 g/mol. The zero-order valence-corrected chi connectivity index (χ0v) is 16.8. The molecule has 0 bridgehead atoms. The quantitative estimate of drug-likeness (QED) is 0.320. The standard InChI is InChI=1S/C24H36O2/c1-3-5-7-8-10-24(26)22-17-13-20(14-18-22)19-11-15-21(16-12-19)23(25)9-6-4-2/h13-14,17-19,21H,3-12,15-16H2,1-2H3. The molecule has 0 aromatic heterocycles. The van der Waals surface area contributed by atoms with Crippen molar-refractivity contribution in [2.45, 2.75) is 96.8 Å². The molecule has 2 heteroatoms. The minimum atomic E-state index is 0.276. The molecule has 26 heavy (non-hydrogen) atoms. The summed E-state index contributed by atoms with van der Waals surface area (Å²) in [6, 6.07) is 8.30. The maximum absolute atomic E-state index is 12.3. The first-order chi connectivity index (χ1) is 12.7. The molecular weight excluding hydrogens is 320 g/mol. The third-order valence-electron chi connectivity index (χ3n) is 5.92. The van der Waals surface area contributed by atoms with E-state index in [1.54, 1.807) is 0 Å². The Bertz CT molecular complexity index is 550. The number of benzene rings is 1. The average molecular weight is 357 g/mol. The van der Waals surface area contributed by atoms with Crippen LogP contribution in [0.5, 0.6) is 0 Å². The lowest BCUT2D eigenvalue weighted by atomic mass is 9.76. The van der Waals surface area contributed by atoms with Gasteiger partial charge in [0.15, 0.2) is 5.78 Å². The molecule has 0 atom stereocenters. The molecule has 1 aliphatic carbocycles. The van der Waals surface area contributed by atoms with E-state index in [-0.39, 0.29) is 5.78 Å². The number of hydrogen-bond donors (Lipinski definition) is 0. The van der Waals surface area contributed by atoms with Crippen LogP contribution in [0.3, 0.4) is 0 Å². The number of carbonyl (C=O) groups excluding carboxylic acids is 2. The number of hydrogen-bond acceptors (Lipinski definition) is 2. The second-order valence-corrected chi connectivity index (χ2v) is 7.97. The van der Waals surface area contributed by atoms with Crippen LogP contribution in [0, 0.1) is 5.92 Å². The first-order valence-electron chi connectivity index (χ1n) is 10.8. The smallest absolute Gasteiger partial charge is 0.162 e. The van der Waals surface area contributed by atoms with Crippen molar-refractivity contribution < 1.29 is 9.59 Å². The molecule has 2 rings (SSSR count). The van der Waals surface area contributed by atoms with Crippen LogP contribution in [0.4, 0.5) is 0 Å². The van der Waals surface area contributed by atoms with Crippen LogP contribution in [0.15, 0.2) is 24.3 Å². The number of ketones is 2. The Balaban J connectivity index is 1.80. The van der Waals surface area contributed by atoms with Gasteiger partial charge in [-0.15, -0.1) is 0 Å². The molecule has 0 N–H and O–H groups in total. The van der Waals surface area contributed by atoms with E-state index in [1.807, 2.05) is 12.1 Å². The van der Waals surface area contributed by atoms with Gasteiger partial charge in [-0.3, -0.25) is 9.59 Å². The van der Waals surface area contributed by atoms with E-state index in [9.17, 15) is 9.59 Å². The Morgan fingerprint density at radius 2 is 1.46 bits per heavy atom. The normalized spacial score (nSPS) is 20.1. The highest BCUT2D eigenvalue weighted by atomic mass is 16.1. The predicted octanol–water partition coefficient (Wildman–Crippen LogP) is 6.87. The van der Waals surface area contributed by atoms with Gasteiger partial charge in [0, 0.05) is 24.3 Å². The van der Waals surface area contributed by atoms with Crippen LogP contribution in [0.2, 0.25) is 0 Å². The second-order valence-electron chi connectivity index (χ2n) is 7.97. The minimum absolute atomic E-state index is 0.276. The summed E-state index contributed by atoms with van der Waals surface area (Å²) in [6.07, 6.45) is 12.4. The van der Waals surface area contributed by atoms with Gasteiger partial charge in [0.05, 0.1) is 0 Å². The summed E-state index contributed by atoms with van der Waals surface area (Å²) in [4.78, 5) is 24.5. The van der Waals surface area contributed by atoms with E-state index in [1.165, 1.54) is 18.4 Å². The van der Waals surface area contributed by atoms with Gasteiger partial charge in [-0.1, -0.05) is 63.8 Å². The van der Waals surface area contributed by atoms with E-state index in [0.717, 1.165) is 63.4 Å². The van der Waals surface area contributed by atoms with Crippen LogP contribution < -0.4 is 0 Å². The van der Waals surface area contributed by atoms with Crippen LogP contribution in [0.25, 0.3) is 0 Å². The van der Waals surface area contributed by atoms with Crippen molar-refractivity contribution in [1.29, 1.82) is 0 Å². The molecule has 0 unspecified atom stereocenters. The molecule has 1 aromatic rings. The van der Waals surface area contributed by atoms with E-state index in [2.05, 4.69) is 26.0 Å². The summed E-state index contributed by atoms with van der Waals surface area (Å²) < 4.78 is 0. The molecule has 1 saturated carbocycles. The maximum Gasteiger partial charge on any atom is 0.162 e. The molecule has 1 aliphatic rings. The topological polar surface area (TPSA) is 34.1 Å². The number of rotatable bonds is 11. The van der Waals surface area contributed by atoms with Gasteiger partial charge in [0.25, 0.3) is 0 Å². The lowest BCUT2D eigenvalue weighted by Gasteiger charge is -2.28. The van der Waals surface area contributed by atoms with Gasteiger partial charge < -0.3 is 0 Å². The summed E-state index contributed by atoms with van der Waals surface area (Å²) in [7, 11) is 0. The molecule has 0 saturated heterocycles. The van der Waals surface area contributed by atoms with Gasteiger partial charge in [-0.2, -0.15) is 0 Å². The van der Waals surface area contributed by atoms with Crippen LogP contribution in [0.1, 0.15) is 113 Å². The molecule has 1 aromatic carbocycles. The lowest BCUT2D eigenvalue weighted by molar-refractivity contribution is -0.124. The van der Waals surface area contributed by atoms with Crippen molar-refractivity contribution in [3.63, 3.8) is 0 Å². The molecule has 0 heterocycles. The summed E-state index contributed by atoms with van der Waals surface area (Å²) in [5.41, 5.74) is 2.20. The Kier molecular flexibility index (Phi) is 9.08. The maximum atomic E-state index is 12.3. The number of Topliss-reactive ketones (excluding diaryl/α,β-unsaturated/α-hetero) is 2. The van der Waals surface area contributed by atoms with E-state index in [4.69, 9.17) is 0 Å². The first kappa shape index (κ1) is 20.9. The molecule has 1 fully saturated rings. The van der Waals surface area contributed by atoms with E-state index in [0.29, 0.717) is 24.0 Å². The Morgan fingerprint density at radius 3 is 2.08 bits per heavy atom. The molecule has 0 aliphatic heterocycles. The fourth-order valence-corrected chi connectivity index (χ4v) is 4.10. The second kappa shape index (κ2) is 11.3. The summed E-state index contributed by atoms with van der Waals surface area (Å²) in [6.45, 7) is 4.33. The number of carbonyl (C=O) groups is 2. The van der Waals surface area contributed by atoms with E-state index < -0.39 is 0 Å². The van der Waals surface area contributed by atoms with Crippen LogP contribution >= 0.6 is 0 Å². The zero-order chi connectivity index (χ0) is 18.8. The minimum Gasteiger partial charge on any atom is -0.299 e. The molecule has 2 nitrogen and oxygen atoms in total. The fourth-order valence-electron chi connectivity index (χ4n) is 4.10. The summed E-state index contributed by atoms with van der Waals surface area (Å²) in [5.74, 6) is 1.60. The summed E-state index contributed by atoms with van der Waals surface area (Å²) >= 11 is 0. The van der Waals surface area contributed by atoms with Crippen molar-refractivity contribution >= 4 is 11.6 Å². The van der Waals surface area contributed by atoms with Crippen molar-refractivity contribution in [3.05, 3.63) is 35.4 Å².